The minimum atomic E-state index is -0.0831. The molecule has 0 aliphatic carbocycles. The largest absolute Gasteiger partial charge is 0.395 e. The molecule has 2 N–H and O–H groups in total. The zero-order valence-corrected chi connectivity index (χ0v) is 8.51. The molecule has 1 rings (SSSR count). The molecule has 1 heterocycles. The Morgan fingerprint density at radius 2 is 2.00 bits per heavy atom. The first-order valence-electron chi connectivity index (χ1n) is 3.72. The number of rotatable bonds is 4. The average molecular weight is 236 g/mol. The van der Waals surface area contributed by atoms with E-state index in [1.54, 1.807) is 0 Å². The Morgan fingerprint density at radius 1 is 1.36 bits per heavy atom. The molecule has 0 unspecified atom stereocenters. The van der Waals surface area contributed by atoms with Crippen LogP contribution in [-0.2, 0) is 0 Å². The van der Waals surface area contributed by atoms with Crippen LogP contribution in [0.2, 0.25) is 10.3 Å². The predicted octanol–water partition coefficient (Wildman–Crippen LogP) is 1.00. The summed E-state index contributed by atoms with van der Waals surface area (Å²) in [6.45, 7) is 0.174. The molecule has 0 spiro atoms. The van der Waals surface area contributed by atoms with Crippen LogP contribution in [0.1, 0.15) is 10.5 Å². The summed E-state index contributed by atoms with van der Waals surface area (Å²) < 4.78 is 0. The third-order valence-corrected chi connectivity index (χ3v) is 1.98. The molecule has 0 fully saturated rings. The Bertz CT molecular complexity index is 346. The Hall–Kier alpha value is -0.910. The summed E-state index contributed by atoms with van der Waals surface area (Å²) in [6.07, 6.45) is 0.509. The molecule has 0 atom stereocenters. The highest BCUT2D eigenvalue weighted by Crippen LogP contribution is 2.20. The van der Waals surface area contributed by atoms with Crippen LogP contribution in [0.3, 0.4) is 0 Å². The van der Waals surface area contributed by atoms with Gasteiger partial charge in [0.1, 0.15) is 5.69 Å². The van der Waals surface area contributed by atoms with Gasteiger partial charge in [-0.15, -0.1) is 0 Å². The molecule has 0 radical (unpaired) electrons. The SMILES string of the molecule is O=Cc1nc(Cl)c(Cl)nc1NCCO. The fourth-order valence-electron chi connectivity index (χ4n) is 0.793. The van der Waals surface area contributed by atoms with Crippen molar-refractivity contribution in [1.29, 1.82) is 0 Å². The number of aliphatic hydroxyl groups is 1. The zero-order valence-electron chi connectivity index (χ0n) is 7.00. The number of nitrogens with one attached hydrogen (secondary N) is 1. The van der Waals surface area contributed by atoms with Gasteiger partial charge in [0.25, 0.3) is 0 Å². The molecular formula is C7H7Cl2N3O2. The van der Waals surface area contributed by atoms with Gasteiger partial charge in [0, 0.05) is 6.54 Å². The van der Waals surface area contributed by atoms with Gasteiger partial charge >= 0.3 is 0 Å². The monoisotopic (exact) mass is 235 g/mol. The minimum Gasteiger partial charge on any atom is -0.395 e. The Balaban J connectivity index is 3.00. The van der Waals surface area contributed by atoms with Gasteiger partial charge in [-0.3, -0.25) is 4.79 Å². The van der Waals surface area contributed by atoms with Gasteiger partial charge in [-0.2, -0.15) is 0 Å². The summed E-state index contributed by atoms with van der Waals surface area (Å²) in [5.74, 6) is 0.212. The van der Waals surface area contributed by atoms with Crippen LogP contribution < -0.4 is 5.32 Å². The van der Waals surface area contributed by atoms with Crippen molar-refractivity contribution in [3.8, 4) is 0 Å². The standard InChI is InChI=1S/C7H7Cl2N3O2/c8-5-6(9)12-7(10-1-2-13)4(3-14)11-5/h3,13H,1-2H2,(H,10,12). The molecular weight excluding hydrogens is 229 g/mol. The van der Waals surface area contributed by atoms with Gasteiger partial charge in [0.15, 0.2) is 22.4 Å². The lowest BCUT2D eigenvalue weighted by Gasteiger charge is -2.06. The van der Waals surface area contributed by atoms with E-state index < -0.39 is 0 Å². The van der Waals surface area contributed by atoms with Crippen molar-refractivity contribution in [2.45, 2.75) is 0 Å². The fraction of sp³-hybridized carbons (Fsp3) is 0.286. The van der Waals surface area contributed by atoms with E-state index in [4.69, 9.17) is 28.3 Å². The van der Waals surface area contributed by atoms with Crippen molar-refractivity contribution in [3.05, 3.63) is 16.0 Å². The van der Waals surface area contributed by atoms with Crippen molar-refractivity contribution in [2.75, 3.05) is 18.5 Å². The number of halogens is 2. The van der Waals surface area contributed by atoms with E-state index in [1.807, 2.05) is 0 Å². The van der Waals surface area contributed by atoms with E-state index in [-0.39, 0.29) is 35.0 Å². The number of carbonyl (C=O) groups excluding carboxylic acids is 1. The van der Waals surface area contributed by atoms with E-state index in [2.05, 4.69) is 15.3 Å². The number of hydrogen-bond acceptors (Lipinski definition) is 5. The summed E-state index contributed by atoms with van der Waals surface area (Å²) in [4.78, 5) is 18.0. The summed E-state index contributed by atoms with van der Waals surface area (Å²) in [5.41, 5.74) is 0.0628. The van der Waals surface area contributed by atoms with Gasteiger partial charge < -0.3 is 10.4 Å². The molecule has 0 saturated carbocycles. The molecule has 5 nitrogen and oxygen atoms in total. The molecule has 0 aliphatic rings. The summed E-state index contributed by atoms with van der Waals surface area (Å²) in [6, 6.07) is 0. The van der Waals surface area contributed by atoms with Crippen LogP contribution in [0.5, 0.6) is 0 Å². The van der Waals surface area contributed by atoms with Crippen molar-refractivity contribution >= 4 is 35.3 Å². The van der Waals surface area contributed by atoms with E-state index in [9.17, 15) is 4.79 Å². The number of aldehydes is 1. The Labute approximate surface area is 90.1 Å². The Morgan fingerprint density at radius 3 is 2.57 bits per heavy atom. The van der Waals surface area contributed by atoms with E-state index in [1.165, 1.54) is 0 Å². The van der Waals surface area contributed by atoms with Gasteiger partial charge in [0.05, 0.1) is 6.61 Å². The zero-order chi connectivity index (χ0) is 10.6. The molecule has 0 amide bonds. The smallest absolute Gasteiger partial charge is 0.172 e. The van der Waals surface area contributed by atoms with Crippen molar-refractivity contribution in [3.63, 3.8) is 0 Å². The quantitative estimate of drug-likeness (QED) is 0.762. The maximum absolute atomic E-state index is 10.5. The first kappa shape index (κ1) is 11.2. The Kier molecular flexibility index (Phi) is 4.06. The number of hydrogen-bond donors (Lipinski definition) is 2. The fourth-order valence-corrected chi connectivity index (χ4v) is 1.05. The topological polar surface area (TPSA) is 75.1 Å². The first-order valence-corrected chi connectivity index (χ1v) is 4.47. The van der Waals surface area contributed by atoms with E-state index in [0.29, 0.717) is 6.29 Å². The third-order valence-electron chi connectivity index (χ3n) is 1.36. The second-order valence-electron chi connectivity index (χ2n) is 2.31. The van der Waals surface area contributed by atoms with Gasteiger partial charge in [-0.05, 0) is 0 Å². The number of carbonyl (C=O) groups is 1. The van der Waals surface area contributed by atoms with Gasteiger partial charge in [-0.25, -0.2) is 9.97 Å². The molecule has 76 valence electrons. The van der Waals surface area contributed by atoms with E-state index in [0.717, 1.165) is 0 Å². The minimum absolute atomic E-state index is 0.0118. The molecule has 0 saturated heterocycles. The molecule has 0 aliphatic heterocycles. The second kappa shape index (κ2) is 5.09. The van der Waals surface area contributed by atoms with Crippen LogP contribution in [0.25, 0.3) is 0 Å². The summed E-state index contributed by atoms with van der Waals surface area (Å²) >= 11 is 11.2. The first-order chi connectivity index (χ1) is 6.69. The summed E-state index contributed by atoms with van der Waals surface area (Å²) in [7, 11) is 0. The number of anilines is 1. The van der Waals surface area contributed by atoms with Crippen molar-refractivity contribution in [1.82, 2.24) is 9.97 Å². The third kappa shape index (κ3) is 2.54. The maximum atomic E-state index is 10.5. The van der Waals surface area contributed by atoms with Crippen molar-refractivity contribution in [2.24, 2.45) is 0 Å². The molecule has 7 heteroatoms. The van der Waals surface area contributed by atoms with Crippen molar-refractivity contribution < 1.29 is 9.90 Å². The van der Waals surface area contributed by atoms with Gasteiger partial charge in [0.2, 0.25) is 0 Å². The lowest BCUT2D eigenvalue weighted by molar-refractivity contribution is 0.111. The lowest BCUT2D eigenvalue weighted by atomic mass is 10.4. The molecule has 1 aromatic rings. The lowest BCUT2D eigenvalue weighted by Crippen LogP contribution is -2.10. The van der Waals surface area contributed by atoms with Crippen LogP contribution in [0.4, 0.5) is 5.82 Å². The maximum Gasteiger partial charge on any atom is 0.172 e. The highest BCUT2D eigenvalue weighted by atomic mass is 35.5. The average Bonchev–Trinajstić information content (AvgIpc) is 2.19. The number of nitrogens with zero attached hydrogens (tertiary/aromatic N) is 2. The molecule has 1 aromatic heterocycles. The second-order valence-corrected chi connectivity index (χ2v) is 3.02. The number of aromatic nitrogens is 2. The van der Waals surface area contributed by atoms with Crippen LogP contribution in [0, 0.1) is 0 Å². The van der Waals surface area contributed by atoms with Gasteiger partial charge in [-0.1, -0.05) is 23.2 Å². The molecule has 14 heavy (non-hydrogen) atoms. The molecule has 0 bridgehead atoms. The van der Waals surface area contributed by atoms with Crippen LogP contribution in [0.15, 0.2) is 0 Å². The normalized spacial score (nSPS) is 9.93. The van der Waals surface area contributed by atoms with E-state index >= 15 is 0 Å². The number of aliphatic hydroxyl groups excluding tert-OH is 1. The highest BCUT2D eigenvalue weighted by Gasteiger charge is 2.09. The molecule has 0 aromatic carbocycles. The summed E-state index contributed by atoms with van der Waals surface area (Å²) in [5, 5.41) is 11.2. The van der Waals surface area contributed by atoms with Crippen LogP contribution in [-0.4, -0.2) is 34.5 Å². The predicted molar refractivity (Wildman–Crippen MR) is 53.0 cm³/mol. The highest BCUT2D eigenvalue weighted by molar-refractivity contribution is 6.40. The van der Waals surface area contributed by atoms with Crippen LogP contribution >= 0.6 is 23.2 Å².